The Hall–Kier alpha value is -2.50. The van der Waals surface area contributed by atoms with Crippen molar-refractivity contribution in [2.75, 3.05) is 39.4 Å². The number of halogens is 3. The van der Waals surface area contributed by atoms with Crippen LogP contribution in [0, 0.1) is 12.8 Å². The van der Waals surface area contributed by atoms with Crippen molar-refractivity contribution in [1.82, 2.24) is 14.8 Å². The second-order valence-electron chi connectivity index (χ2n) is 8.56. The number of aromatic nitrogens is 1. The van der Waals surface area contributed by atoms with Gasteiger partial charge in [-0.3, -0.25) is 14.5 Å². The number of hydrogen-bond acceptors (Lipinski definition) is 5. The molecule has 1 saturated heterocycles. The lowest BCUT2D eigenvalue weighted by molar-refractivity contribution is -0.137. The molecule has 2 aromatic rings. The van der Waals surface area contributed by atoms with Gasteiger partial charge in [0.25, 0.3) is 11.8 Å². The molecular formula is C23H27F3N4O3S. The summed E-state index contributed by atoms with van der Waals surface area (Å²) in [6.45, 7) is 6.66. The predicted molar refractivity (Wildman–Crippen MR) is 121 cm³/mol. The standard InChI is InChI=1S/C23H27F3N4O3S/c1-15-19(21(32)27-7-8-29-9-11-33-12-10-29)34-22(30(15)14-16-5-6-16)28-20(31)17-3-2-4-18(13-17)23(24,25)26/h2-4,13,16H,5-12,14H2,1H3,(H,27,32). The first-order chi connectivity index (χ1) is 16.2. The number of carbonyl (C=O) groups excluding carboxylic acids is 2. The van der Waals surface area contributed by atoms with E-state index >= 15 is 0 Å². The summed E-state index contributed by atoms with van der Waals surface area (Å²) in [6.07, 6.45) is -2.43. The van der Waals surface area contributed by atoms with Crippen LogP contribution in [-0.4, -0.2) is 60.7 Å². The summed E-state index contributed by atoms with van der Waals surface area (Å²) >= 11 is 1.09. The molecule has 1 N–H and O–H groups in total. The summed E-state index contributed by atoms with van der Waals surface area (Å²) in [5.41, 5.74) is -0.339. The van der Waals surface area contributed by atoms with Crippen molar-refractivity contribution in [3.05, 3.63) is 50.8 Å². The van der Waals surface area contributed by atoms with Gasteiger partial charge in [-0.15, -0.1) is 0 Å². The molecule has 0 spiro atoms. The Morgan fingerprint density at radius 1 is 1.24 bits per heavy atom. The second-order valence-corrected chi connectivity index (χ2v) is 9.54. The Bertz CT molecular complexity index is 1120. The van der Waals surface area contributed by atoms with E-state index in [2.05, 4.69) is 15.2 Å². The van der Waals surface area contributed by atoms with E-state index in [1.807, 2.05) is 11.5 Å². The Balaban J connectivity index is 1.54. The molecule has 1 aromatic heterocycles. The molecule has 0 atom stereocenters. The molecule has 184 valence electrons. The fourth-order valence-corrected chi connectivity index (χ4v) is 4.82. The van der Waals surface area contributed by atoms with Crippen LogP contribution in [0.15, 0.2) is 29.3 Å². The van der Waals surface area contributed by atoms with Crippen molar-refractivity contribution in [2.24, 2.45) is 10.9 Å². The van der Waals surface area contributed by atoms with Gasteiger partial charge in [0.15, 0.2) is 4.80 Å². The van der Waals surface area contributed by atoms with Gasteiger partial charge >= 0.3 is 6.18 Å². The zero-order valence-electron chi connectivity index (χ0n) is 18.9. The van der Waals surface area contributed by atoms with Gasteiger partial charge in [0.05, 0.1) is 18.8 Å². The van der Waals surface area contributed by atoms with E-state index in [1.54, 1.807) is 0 Å². The molecule has 1 aromatic carbocycles. The number of alkyl halides is 3. The quantitative estimate of drug-likeness (QED) is 0.639. The predicted octanol–water partition coefficient (Wildman–Crippen LogP) is 3.09. The maximum Gasteiger partial charge on any atom is 0.416 e. The number of benzene rings is 1. The minimum atomic E-state index is -4.55. The maximum atomic E-state index is 13.0. The van der Waals surface area contributed by atoms with Gasteiger partial charge in [0.1, 0.15) is 4.88 Å². The van der Waals surface area contributed by atoms with Crippen LogP contribution in [0.3, 0.4) is 0 Å². The van der Waals surface area contributed by atoms with Crippen LogP contribution in [0.4, 0.5) is 13.2 Å². The van der Waals surface area contributed by atoms with Crippen molar-refractivity contribution in [1.29, 1.82) is 0 Å². The van der Waals surface area contributed by atoms with Gasteiger partial charge in [0.2, 0.25) is 0 Å². The van der Waals surface area contributed by atoms with Crippen molar-refractivity contribution < 1.29 is 27.5 Å². The van der Waals surface area contributed by atoms with Gasteiger partial charge in [-0.2, -0.15) is 18.2 Å². The zero-order chi connectivity index (χ0) is 24.3. The van der Waals surface area contributed by atoms with E-state index in [0.717, 1.165) is 49.4 Å². The van der Waals surface area contributed by atoms with Crippen molar-refractivity contribution in [3.8, 4) is 0 Å². The highest BCUT2D eigenvalue weighted by atomic mass is 32.1. The molecule has 1 aliphatic carbocycles. The molecule has 0 bridgehead atoms. The first kappa shape index (κ1) is 24.6. The lowest BCUT2D eigenvalue weighted by Gasteiger charge is -2.26. The van der Waals surface area contributed by atoms with Gasteiger partial charge in [-0.05, 0) is 43.9 Å². The lowest BCUT2D eigenvalue weighted by Crippen LogP contribution is -2.41. The fraction of sp³-hybridized carbons (Fsp3) is 0.522. The monoisotopic (exact) mass is 496 g/mol. The van der Waals surface area contributed by atoms with Crippen LogP contribution in [0.2, 0.25) is 0 Å². The van der Waals surface area contributed by atoms with E-state index in [1.165, 1.54) is 12.1 Å². The highest BCUT2D eigenvalue weighted by Gasteiger charge is 2.31. The first-order valence-corrected chi connectivity index (χ1v) is 12.1. The Morgan fingerprint density at radius 2 is 1.97 bits per heavy atom. The number of rotatable bonds is 7. The minimum Gasteiger partial charge on any atom is -0.379 e. The third-order valence-electron chi connectivity index (χ3n) is 5.95. The maximum absolute atomic E-state index is 13.0. The average molecular weight is 497 g/mol. The minimum absolute atomic E-state index is 0.143. The smallest absolute Gasteiger partial charge is 0.379 e. The molecule has 1 aliphatic heterocycles. The van der Waals surface area contributed by atoms with Crippen molar-refractivity contribution in [3.63, 3.8) is 0 Å². The molecule has 1 saturated carbocycles. The van der Waals surface area contributed by atoms with E-state index in [9.17, 15) is 22.8 Å². The Kier molecular flexibility index (Phi) is 7.54. The second kappa shape index (κ2) is 10.4. The number of nitrogens with one attached hydrogen (secondary N) is 1. The number of thiazole rings is 1. The Morgan fingerprint density at radius 3 is 2.65 bits per heavy atom. The van der Waals surface area contributed by atoms with Crippen LogP contribution in [0.5, 0.6) is 0 Å². The molecule has 2 fully saturated rings. The van der Waals surface area contributed by atoms with E-state index in [0.29, 0.717) is 54.1 Å². The van der Waals surface area contributed by atoms with Crippen molar-refractivity contribution in [2.45, 2.75) is 32.5 Å². The molecule has 2 aliphatic rings. The first-order valence-electron chi connectivity index (χ1n) is 11.3. The van der Waals surface area contributed by atoms with E-state index in [4.69, 9.17) is 4.74 Å². The average Bonchev–Trinajstić information content (AvgIpc) is 3.59. The SMILES string of the molecule is Cc1c(C(=O)NCCN2CCOCC2)sc(=NC(=O)c2cccc(C(F)(F)F)c2)n1CC1CC1. The molecule has 4 rings (SSSR count). The molecule has 11 heteroatoms. The Labute approximate surface area is 199 Å². The molecule has 34 heavy (non-hydrogen) atoms. The van der Waals surface area contributed by atoms with Crippen molar-refractivity contribution >= 4 is 23.2 Å². The molecule has 7 nitrogen and oxygen atoms in total. The van der Waals surface area contributed by atoms with Gasteiger partial charge in [-0.1, -0.05) is 17.4 Å². The van der Waals surface area contributed by atoms with Crippen LogP contribution in [0.25, 0.3) is 0 Å². The third kappa shape index (κ3) is 6.13. The topological polar surface area (TPSA) is 75.9 Å². The number of amides is 2. The third-order valence-corrected chi connectivity index (χ3v) is 7.13. The largest absolute Gasteiger partial charge is 0.416 e. The number of ether oxygens (including phenoxy) is 1. The highest BCUT2D eigenvalue weighted by molar-refractivity contribution is 7.11. The molecule has 2 heterocycles. The molecule has 0 radical (unpaired) electrons. The summed E-state index contributed by atoms with van der Waals surface area (Å²) in [4.78, 5) is 32.7. The lowest BCUT2D eigenvalue weighted by atomic mass is 10.1. The van der Waals surface area contributed by atoms with Gasteiger partial charge in [-0.25, -0.2) is 0 Å². The van der Waals surface area contributed by atoms with E-state index < -0.39 is 17.6 Å². The molecule has 0 unspecified atom stereocenters. The number of carbonyl (C=O) groups is 2. The van der Waals surface area contributed by atoms with Gasteiger partial charge < -0.3 is 14.6 Å². The van der Waals surface area contributed by atoms with E-state index in [-0.39, 0.29) is 11.5 Å². The van der Waals surface area contributed by atoms with Crippen LogP contribution in [-0.2, 0) is 17.5 Å². The molecule has 2 amide bonds. The number of morpholine rings is 1. The number of nitrogens with zero attached hydrogens (tertiary/aromatic N) is 3. The summed E-state index contributed by atoms with van der Waals surface area (Å²) in [5, 5.41) is 2.93. The number of hydrogen-bond donors (Lipinski definition) is 1. The van der Waals surface area contributed by atoms with Crippen LogP contribution < -0.4 is 10.1 Å². The summed E-state index contributed by atoms with van der Waals surface area (Å²) in [6, 6.07) is 4.22. The summed E-state index contributed by atoms with van der Waals surface area (Å²) in [7, 11) is 0. The fourth-order valence-electron chi connectivity index (χ4n) is 3.77. The normalized spacial score (nSPS) is 17.7. The van der Waals surface area contributed by atoms with Crippen LogP contribution >= 0.6 is 11.3 Å². The van der Waals surface area contributed by atoms with Crippen LogP contribution in [0.1, 0.15) is 44.1 Å². The molecular weight excluding hydrogens is 469 g/mol. The zero-order valence-corrected chi connectivity index (χ0v) is 19.7. The summed E-state index contributed by atoms with van der Waals surface area (Å²) in [5.74, 6) is -0.558. The highest BCUT2D eigenvalue weighted by Crippen LogP contribution is 2.31. The summed E-state index contributed by atoms with van der Waals surface area (Å²) < 4.78 is 46.3. The van der Waals surface area contributed by atoms with Gasteiger partial charge in [0, 0.05) is 44.0 Å².